The predicted octanol–water partition coefficient (Wildman–Crippen LogP) is 3.75. The molecule has 6 nitrogen and oxygen atoms in total. The van der Waals surface area contributed by atoms with Crippen LogP contribution in [0.5, 0.6) is 0 Å². The van der Waals surface area contributed by atoms with Crippen LogP contribution in [0.3, 0.4) is 0 Å². The standard InChI is InChI=1S/C18H36N4O2S.HI/c1-17(2,3)24-16(23)22-14-10-8-13(9-11-14)21-15(19-6)20-12-18(4,5)25-7;/h13-14H,8-12H2,1-7H3,(H,22,23)(H2,19,20,21);1H. The highest BCUT2D eigenvalue weighted by molar-refractivity contribution is 14.0. The average molecular weight is 500 g/mol. The SMILES string of the molecule is CN=C(NCC(C)(C)SC)NC1CCC(NC(=O)OC(C)(C)C)CC1.I. The first kappa shape index (κ1) is 25.6. The van der Waals surface area contributed by atoms with Crippen LogP contribution in [0.2, 0.25) is 0 Å². The van der Waals surface area contributed by atoms with Crippen LogP contribution in [0.4, 0.5) is 4.79 Å². The van der Waals surface area contributed by atoms with Crippen molar-refractivity contribution >= 4 is 47.8 Å². The third-order valence-corrected chi connectivity index (χ3v) is 5.50. The maximum absolute atomic E-state index is 11.9. The molecule has 8 heteroatoms. The molecule has 0 saturated heterocycles. The highest BCUT2D eigenvalue weighted by atomic mass is 127. The third-order valence-electron chi connectivity index (χ3n) is 4.25. The second kappa shape index (κ2) is 11.5. The normalized spacial score (nSPS) is 21.4. The number of guanidine groups is 1. The molecule has 0 bridgehead atoms. The monoisotopic (exact) mass is 500 g/mol. The summed E-state index contributed by atoms with van der Waals surface area (Å²) in [5.41, 5.74) is -0.453. The molecule has 154 valence electrons. The number of alkyl carbamates (subject to hydrolysis) is 1. The topological polar surface area (TPSA) is 74.8 Å². The van der Waals surface area contributed by atoms with Crippen LogP contribution in [0, 0.1) is 0 Å². The van der Waals surface area contributed by atoms with E-state index in [-0.39, 0.29) is 40.9 Å². The van der Waals surface area contributed by atoms with Gasteiger partial charge in [0, 0.05) is 30.4 Å². The van der Waals surface area contributed by atoms with Gasteiger partial charge >= 0.3 is 6.09 Å². The minimum absolute atomic E-state index is 0. The van der Waals surface area contributed by atoms with Gasteiger partial charge in [0.2, 0.25) is 0 Å². The molecule has 1 rings (SSSR count). The van der Waals surface area contributed by atoms with Gasteiger partial charge in [0.05, 0.1) is 0 Å². The molecule has 0 aromatic heterocycles. The fourth-order valence-electron chi connectivity index (χ4n) is 2.61. The largest absolute Gasteiger partial charge is 0.444 e. The maximum Gasteiger partial charge on any atom is 0.407 e. The van der Waals surface area contributed by atoms with Crippen molar-refractivity contribution in [3.63, 3.8) is 0 Å². The summed E-state index contributed by atoms with van der Waals surface area (Å²) in [4.78, 5) is 16.2. The van der Waals surface area contributed by atoms with Crippen molar-refractivity contribution in [2.45, 2.75) is 82.7 Å². The van der Waals surface area contributed by atoms with Crippen molar-refractivity contribution < 1.29 is 9.53 Å². The number of hydrogen-bond acceptors (Lipinski definition) is 4. The molecule has 1 aliphatic carbocycles. The van der Waals surface area contributed by atoms with E-state index >= 15 is 0 Å². The molecule has 0 aliphatic heterocycles. The molecule has 0 aromatic carbocycles. The number of ether oxygens (including phenoxy) is 1. The van der Waals surface area contributed by atoms with E-state index in [1.54, 1.807) is 7.05 Å². The van der Waals surface area contributed by atoms with Crippen LogP contribution in [-0.4, -0.2) is 54.3 Å². The molecular weight excluding hydrogens is 463 g/mol. The molecule has 0 atom stereocenters. The fraction of sp³-hybridized carbons (Fsp3) is 0.889. The number of carbonyl (C=O) groups excluding carboxylic acids is 1. The molecule has 1 aliphatic rings. The summed E-state index contributed by atoms with van der Waals surface area (Å²) >= 11 is 1.84. The van der Waals surface area contributed by atoms with Crippen LogP contribution >= 0.6 is 35.7 Å². The van der Waals surface area contributed by atoms with Crippen molar-refractivity contribution in [1.82, 2.24) is 16.0 Å². The van der Waals surface area contributed by atoms with E-state index in [1.807, 2.05) is 32.5 Å². The lowest BCUT2D eigenvalue weighted by Gasteiger charge is -2.32. The number of hydrogen-bond donors (Lipinski definition) is 3. The van der Waals surface area contributed by atoms with Gasteiger partial charge in [-0.25, -0.2) is 4.79 Å². The zero-order valence-corrected chi connectivity index (χ0v) is 20.4. The molecule has 0 spiro atoms. The first-order chi connectivity index (χ1) is 11.5. The zero-order chi connectivity index (χ0) is 19.1. The second-order valence-corrected chi connectivity index (χ2v) is 9.74. The summed E-state index contributed by atoms with van der Waals surface area (Å²) in [7, 11) is 1.80. The molecular formula is C18H37IN4O2S. The smallest absolute Gasteiger partial charge is 0.407 e. The van der Waals surface area contributed by atoms with E-state index in [9.17, 15) is 4.79 Å². The molecule has 0 heterocycles. The van der Waals surface area contributed by atoms with Crippen molar-refractivity contribution in [2.24, 2.45) is 4.99 Å². The number of nitrogens with one attached hydrogen (secondary N) is 3. The van der Waals surface area contributed by atoms with Gasteiger partial charge in [-0.05, 0) is 66.6 Å². The maximum atomic E-state index is 11.9. The Morgan fingerprint density at radius 3 is 2.00 bits per heavy atom. The van der Waals surface area contributed by atoms with Gasteiger partial charge in [0.15, 0.2) is 5.96 Å². The number of halogens is 1. The molecule has 1 amide bonds. The van der Waals surface area contributed by atoms with Crippen LogP contribution in [0.25, 0.3) is 0 Å². The molecule has 1 saturated carbocycles. The third kappa shape index (κ3) is 10.7. The Morgan fingerprint density at radius 1 is 1.08 bits per heavy atom. The van der Waals surface area contributed by atoms with E-state index in [0.29, 0.717) is 6.04 Å². The van der Waals surface area contributed by atoms with Gasteiger partial charge in [0.25, 0.3) is 0 Å². The Bertz CT molecular complexity index is 459. The lowest BCUT2D eigenvalue weighted by Crippen LogP contribution is -2.49. The fourth-order valence-corrected chi connectivity index (χ4v) is 2.83. The summed E-state index contributed by atoms with van der Waals surface area (Å²) in [6, 6.07) is 0.582. The highest BCUT2D eigenvalue weighted by Crippen LogP contribution is 2.21. The molecule has 3 N–H and O–H groups in total. The number of rotatable bonds is 5. The van der Waals surface area contributed by atoms with Gasteiger partial charge in [-0.2, -0.15) is 11.8 Å². The Morgan fingerprint density at radius 2 is 1.58 bits per heavy atom. The van der Waals surface area contributed by atoms with E-state index in [2.05, 4.69) is 41.0 Å². The average Bonchev–Trinajstić information content (AvgIpc) is 2.51. The highest BCUT2D eigenvalue weighted by Gasteiger charge is 2.25. The van der Waals surface area contributed by atoms with E-state index in [1.165, 1.54) is 0 Å². The predicted molar refractivity (Wildman–Crippen MR) is 123 cm³/mol. The summed E-state index contributed by atoms with van der Waals surface area (Å²) in [5.74, 6) is 0.852. The van der Waals surface area contributed by atoms with Crippen molar-refractivity contribution in [2.75, 3.05) is 19.8 Å². The Labute approximate surface area is 180 Å². The second-order valence-electron chi connectivity index (χ2n) is 8.23. The van der Waals surface area contributed by atoms with Gasteiger partial charge in [-0.3, -0.25) is 4.99 Å². The summed E-state index contributed by atoms with van der Waals surface area (Å²) < 4.78 is 5.50. The van der Waals surface area contributed by atoms with Crippen LogP contribution in [0.1, 0.15) is 60.3 Å². The molecule has 0 aromatic rings. The van der Waals surface area contributed by atoms with Gasteiger partial charge in [0.1, 0.15) is 5.60 Å². The van der Waals surface area contributed by atoms with Crippen LogP contribution in [0.15, 0.2) is 4.99 Å². The quantitative estimate of drug-likeness (QED) is 0.305. The zero-order valence-electron chi connectivity index (χ0n) is 17.3. The molecule has 26 heavy (non-hydrogen) atoms. The first-order valence-electron chi connectivity index (χ1n) is 9.06. The van der Waals surface area contributed by atoms with Crippen LogP contribution in [-0.2, 0) is 4.74 Å². The minimum atomic E-state index is -0.453. The first-order valence-corrected chi connectivity index (χ1v) is 10.3. The van der Waals surface area contributed by atoms with Crippen molar-refractivity contribution in [3.8, 4) is 0 Å². The van der Waals surface area contributed by atoms with E-state index in [4.69, 9.17) is 4.74 Å². The Kier molecular flexibility index (Phi) is 11.3. The van der Waals surface area contributed by atoms with Crippen molar-refractivity contribution in [3.05, 3.63) is 0 Å². The van der Waals surface area contributed by atoms with E-state index < -0.39 is 5.60 Å². The Balaban J connectivity index is 0.00000625. The number of amides is 1. The number of thioether (sulfide) groups is 1. The number of aliphatic imine (C=N–C) groups is 1. The van der Waals surface area contributed by atoms with Crippen molar-refractivity contribution in [1.29, 1.82) is 0 Å². The molecule has 0 radical (unpaired) electrons. The lowest BCUT2D eigenvalue weighted by molar-refractivity contribution is 0.0490. The lowest BCUT2D eigenvalue weighted by atomic mass is 9.91. The number of nitrogens with zero attached hydrogens (tertiary/aromatic N) is 1. The minimum Gasteiger partial charge on any atom is -0.444 e. The van der Waals surface area contributed by atoms with Crippen LogP contribution < -0.4 is 16.0 Å². The Hall–Kier alpha value is -0.380. The molecule has 1 fully saturated rings. The van der Waals surface area contributed by atoms with Gasteiger partial charge < -0.3 is 20.7 Å². The summed E-state index contributed by atoms with van der Waals surface area (Å²) in [6.45, 7) is 10.9. The number of carbonyl (C=O) groups is 1. The molecule has 0 unspecified atom stereocenters. The van der Waals surface area contributed by atoms with E-state index in [0.717, 1.165) is 38.2 Å². The summed E-state index contributed by atoms with van der Waals surface area (Å²) in [6.07, 6.45) is 5.71. The van der Waals surface area contributed by atoms with Gasteiger partial charge in [-0.15, -0.1) is 24.0 Å². The summed E-state index contributed by atoms with van der Waals surface area (Å²) in [5, 5.41) is 9.88. The van der Waals surface area contributed by atoms with Gasteiger partial charge in [-0.1, -0.05) is 0 Å².